The van der Waals surface area contributed by atoms with E-state index in [0.29, 0.717) is 0 Å². The van der Waals surface area contributed by atoms with Crippen LogP contribution in [0.15, 0.2) is 36.4 Å². The summed E-state index contributed by atoms with van der Waals surface area (Å²) in [6, 6.07) is 10.4. The van der Waals surface area contributed by atoms with Gasteiger partial charge in [0.1, 0.15) is 23.5 Å². The first-order chi connectivity index (χ1) is 7.13. The lowest BCUT2D eigenvalue weighted by molar-refractivity contribution is 0.415. The van der Waals surface area contributed by atoms with Crippen LogP contribution in [0.4, 0.5) is 5.69 Å². The quantitative estimate of drug-likeness (QED) is 0.555. The van der Waals surface area contributed by atoms with Crippen molar-refractivity contribution in [2.45, 2.75) is 0 Å². The minimum atomic E-state index is -0.0463. The first kappa shape index (κ1) is 12.5. The van der Waals surface area contributed by atoms with Gasteiger partial charge in [-0.05, 0) is 24.3 Å². The summed E-state index contributed by atoms with van der Waals surface area (Å²) < 4.78 is 4.91. The van der Waals surface area contributed by atoms with Gasteiger partial charge in [0, 0.05) is 5.69 Å². The number of hydrogen-bond acceptors (Lipinski definition) is 4. The van der Waals surface area contributed by atoms with Gasteiger partial charge in [-0.2, -0.15) is 10.5 Å². The maximum atomic E-state index is 7.76. The zero-order valence-corrected chi connectivity index (χ0v) is 8.40. The molecule has 0 amide bonds. The van der Waals surface area contributed by atoms with Gasteiger partial charge in [0.25, 0.3) is 0 Å². The molecule has 2 N–H and O–H groups in total. The molecule has 0 heterocycles. The van der Waals surface area contributed by atoms with Gasteiger partial charge in [-0.1, -0.05) is 6.58 Å². The van der Waals surface area contributed by atoms with Crippen LogP contribution >= 0.6 is 0 Å². The second-order valence-electron chi connectivity index (χ2n) is 2.48. The van der Waals surface area contributed by atoms with Gasteiger partial charge in [0.15, 0.2) is 0 Å². The zero-order valence-electron chi connectivity index (χ0n) is 8.40. The van der Waals surface area contributed by atoms with Crippen molar-refractivity contribution in [3.8, 4) is 17.9 Å². The standard InChI is InChI=1S/C7H9NO.C4H2N2/c1-9-7-4-2-6(8)3-5-7;1-4(2-5)3-6/h2-5H,8H2,1H3;1H2. The van der Waals surface area contributed by atoms with Crippen molar-refractivity contribution in [2.24, 2.45) is 0 Å². The molecule has 0 saturated heterocycles. The Morgan fingerprint density at radius 3 is 2.00 bits per heavy atom. The fourth-order valence-electron chi connectivity index (χ4n) is 0.629. The fourth-order valence-corrected chi connectivity index (χ4v) is 0.629. The molecular weight excluding hydrogens is 190 g/mol. The van der Waals surface area contributed by atoms with E-state index in [-0.39, 0.29) is 5.57 Å². The zero-order chi connectivity index (χ0) is 11.7. The monoisotopic (exact) mass is 201 g/mol. The number of nitrogens with two attached hydrogens (primary N) is 1. The van der Waals surface area contributed by atoms with E-state index in [4.69, 9.17) is 21.0 Å². The van der Waals surface area contributed by atoms with E-state index in [9.17, 15) is 0 Å². The van der Waals surface area contributed by atoms with E-state index < -0.39 is 0 Å². The summed E-state index contributed by atoms with van der Waals surface area (Å²) in [5, 5.41) is 15.5. The molecule has 4 nitrogen and oxygen atoms in total. The van der Waals surface area contributed by atoms with E-state index in [0.717, 1.165) is 11.4 Å². The van der Waals surface area contributed by atoms with Crippen molar-refractivity contribution in [3.63, 3.8) is 0 Å². The van der Waals surface area contributed by atoms with Crippen molar-refractivity contribution in [3.05, 3.63) is 36.4 Å². The Morgan fingerprint density at radius 1 is 1.27 bits per heavy atom. The number of anilines is 1. The molecule has 0 aromatic heterocycles. The van der Waals surface area contributed by atoms with Crippen LogP contribution in [-0.4, -0.2) is 7.11 Å². The van der Waals surface area contributed by atoms with Gasteiger partial charge >= 0.3 is 0 Å². The van der Waals surface area contributed by atoms with E-state index in [1.165, 1.54) is 0 Å². The average molecular weight is 201 g/mol. The molecule has 1 aromatic carbocycles. The first-order valence-electron chi connectivity index (χ1n) is 4.02. The maximum Gasteiger partial charge on any atom is 0.122 e. The molecule has 0 bridgehead atoms. The number of allylic oxidation sites excluding steroid dienone is 1. The second-order valence-corrected chi connectivity index (χ2v) is 2.48. The summed E-state index contributed by atoms with van der Waals surface area (Å²) >= 11 is 0. The molecule has 0 aliphatic rings. The van der Waals surface area contributed by atoms with E-state index in [1.54, 1.807) is 31.4 Å². The normalized spacial score (nSPS) is 7.40. The topological polar surface area (TPSA) is 82.8 Å². The van der Waals surface area contributed by atoms with Crippen LogP contribution in [0.2, 0.25) is 0 Å². The number of nitrogens with zero attached hydrogens (tertiary/aromatic N) is 2. The Bertz CT molecular complexity index is 379. The van der Waals surface area contributed by atoms with Crippen LogP contribution in [0.25, 0.3) is 0 Å². The van der Waals surface area contributed by atoms with Crippen molar-refractivity contribution < 1.29 is 4.74 Å². The average Bonchev–Trinajstić information content (AvgIpc) is 2.30. The first-order valence-corrected chi connectivity index (χ1v) is 4.02. The lowest BCUT2D eigenvalue weighted by Gasteiger charge is -1.97. The Morgan fingerprint density at radius 2 is 1.73 bits per heavy atom. The van der Waals surface area contributed by atoms with Crippen LogP contribution < -0.4 is 10.5 Å². The molecule has 0 fully saturated rings. The minimum Gasteiger partial charge on any atom is -0.497 e. The Kier molecular flexibility index (Phi) is 5.85. The van der Waals surface area contributed by atoms with Crippen LogP contribution in [0.5, 0.6) is 5.75 Å². The van der Waals surface area contributed by atoms with Crippen molar-refractivity contribution in [2.75, 3.05) is 12.8 Å². The van der Waals surface area contributed by atoms with Gasteiger partial charge < -0.3 is 10.5 Å². The van der Waals surface area contributed by atoms with Crippen LogP contribution in [0.1, 0.15) is 0 Å². The largest absolute Gasteiger partial charge is 0.497 e. The number of methoxy groups -OCH3 is 1. The number of nitriles is 2. The highest BCUT2D eigenvalue weighted by atomic mass is 16.5. The molecule has 0 radical (unpaired) electrons. The Hall–Kier alpha value is -2.46. The highest BCUT2D eigenvalue weighted by Crippen LogP contribution is 2.11. The molecule has 0 saturated carbocycles. The Labute approximate surface area is 88.8 Å². The Balaban J connectivity index is 0.000000288. The molecule has 15 heavy (non-hydrogen) atoms. The van der Waals surface area contributed by atoms with E-state index in [2.05, 4.69) is 6.58 Å². The number of hydrogen-bond donors (Lipinski definition) is 1. The SMILES string of the molecule is C=C(C#N)C#N.COc1ccc(N)cc1. The molecule has 76 valence electrons. The van der Waals surface area contributed by atoms with Gasteiger partial charge in [-0.15, -0.1) is 0 Å². The molecule has 0 unspecified atom stereocenters. The van der Waals surface area contributed by atoms with Gasteiger partial charge in [0.2, 0.25) is 0 Å². The third-order valence-electron chi connectivity index (χ3n) is 1.39. The second kappa shape index (κ2) is 6.99. The molecule has 0 aliphatic heterocycles. The molecule has 0 spiro atoms. The number of ether oxygens (including phenoxy) is 1. The lowest BCUT2D eigenvalue weighted by atomic mass is 10.3. The predicted molar refractivity (Wildman–Crippen MR) is 57.8 cm³/mol. The summed E-state index contributed by atoms with van der Waals surface area (Å²) in [5.41, 5.74) is 6.14. The third-order valence-corrected chi connectivity index (χ3v) is 1.39. The molecule has 0 aliphatic carbocycles. The van der Waals surface area contributed by atoms with Crippen molar-refractivity contribution in [1.82, 2.24) is 0 Å². The number of benzene rings is 1. The highest BCUT2D eigenvalue weighted by molar-refractivity contribution is 5.41. The van der Waals surface area contributed by atoms with Crippen LogP contribution in [-0.2, 0) is 0 Å². The van der Waals surface area contributed by atoms with E-state index in [1.807, 2.05) is 12.1 Å². The summed E-state index contributed by atoms with van der Waals surface area (Å²) in [6.45, 7) is 3.07. The minimum absolute atomic E-state index is 0.0463. The maximum absolute atomic E-state index is 7.76. The molecule has 1 aromatic rings. The fraction of sp³-hybridized carbons (Fsp3) is 0.0909. The van der Waals surface area contributed by atoms with Gasteiger partial charge in [-0.25, -0.2) is 0 Å². The highest BCUT2D eigenvalue weighted by Gasteiger charge is 1.86. The van der Waals surface area contributed by atoms with Gasteiger partial charge in [0.05, 0.1) is 7.11 Å². The van der Waals surface area contributed by atoms with Crippen molar-refractivity contribution >= 4 is 5.69 Å². The molecular formula is C11H11N3O. The summed E-state index contributed by atoms with van der Waals surface area (Å²) in [7, 11) is 1.63. The predicted octanol–water partition coefficient (Wildman–Crippen LogP) is 1.87. The van der Waals surface area contributed by atoms with Gasteiger partial charge in [-0.3, -0.25) is 0 Å². The summed E-state index contributed by atoms with van der Waals surface area (Å²) in [5.74, 6) is 0.837. The van der Waals surface area contributed by atoms with Crippen LogP contribution in [0, 0.1) is 22.7 Å². The lowest BCUT2D eigenvalue weighted by Crippen LogP contribution is -1.84. The van der Waals surface area contributed by atoms with Crippen molar-refractivity contribution in [1.29, 1.82) is 10.5 Å². The third kappa shape index (κ3) is 5.73. The summed E-state index contributed by atoms with van der Waals surface area (Å²) in [4.78, 5) is 0. The molecule has 1 rings (SSSR count). The molecule has 4 heteroatoms. The van der Waals surface area contributed by atoms with E-state index >= 15 is 0 Å². The summed E-state index contributed by atoms with van der Waals surface area (Å²) in [6.07, 6.45) is 0. The molecule has 0 atom stereocenters. The number of rotatable bonds is 1. The smallest absolute Gasteiger partial charge is 0.122 e. The van der Waals surface area contributed by atoms with Crippen LogP contribution in [0.3, 0.4) is 0 Å². The number of nitrogen functional groups attached to an aromatic ring is 1.